The lowest BCUT2D eigenvalue weighted by atomic mass is 10.1. The molecule has 0 bridgehead atoms. The molecule has 3 heterocycles. The molecule has 3 aromatic rings. The zero-order chi connectivity index (χ0) is 22.5. The van der Waals surface area contributed by atoms with Gasteiger partial charge in [0.1, 0.15) is 28.6 Å². The number of ether oxygens (including phenoxy) is 2. The van der Waals surface area contributed by atoms with E-state index in [0.717, 1.165) is 12.8 Å². The molecule has 32 heavy (non-hydrogen) atoms. The summed E-state index contributed by atoms with van der Waals surface area (Å²) in [5.41, 5.74) is -0.436. The van der Waals surface area contributed by atoms with E-state index in [9.17, 15) is 14.9 Å². The molecule has 1 unspecified atom stereocenters. The van der Waals surface area contributed by atoms with E-state index < -0.39 is 11.5 Å². The third kappa shape index (κ3) is 4.64. The predicted molar refractivity (Wildman–Crippen MR) is 119 cm³/mol. The molecule has 1 aromatic carbocycles. The highest BCUT2D eigenvalue weighted by Gasteiger charge is 2.20. The van der Waals surface area contributed by atoms with E-state index in [1.165, 1.54) is 10.5 Å². The zero-order valence-corrected chi connectivity index (χ0v) is 17.7. The standard InChI is InChI=1S/C23H19ClN4O4/c24-18-7-1-2-8-19(18)32-22-17(23(30)28-10-4-3-9-20(28)27-22)12-15(13-25)21(29)26-14-16-6-5-11-31-16/h1-4,7-10,12,16H,5-6,11,14H2,(H,26,29)/b15-12+. The number of benzene rings is 1. The number of pyridine rings is 1. The van der Waals surface area contributed by atoms with Crippen LogP contribution in [0.15, 0.2) is 59.0 Å². The SMILES string of the molecule is N#C/C(=C\c1c(Oc2ccccc2Cl)nc2ccccn2c1=O)C(=O)NCC1CCCO1. The van der Waals surface area contributed by atoms with Crippen LogP contribution in [-0.2, 0) is 9.53 Å². The third-order valence-corrected chi connectivity index (χ3v) is 5.26. The average Bonchev–Trinajstić information content (AvgIpc) is 3.33. The smallest absolute Gasteiger partial charge is 0.269 e. The van der Waals surface area contributed by atoms with Crippen molar-refractivity contribution in [1.29, 1.82) is 5.26 Å². The van der Waals surface area contributed by atoms with Crippen molar-refractivity contribution in [2.45, 2.75) is 18.9 Å². The van der Waals surface area contributed by atoms with Crippen molar-refractivity contribution in [3.63, 3.8) is 0 Å². The summed E-state index contributed by atoms with van der Waals surface area (Å²) in [6, 6.07) is 13.6. The first-order valence-corrected chi connectivity index (χ1v) is 10.4. The van der Waals surface area contributed by atoms with E-state index in [4.69, 9.17) is 21.1 Å². The summed E-state index contributed by atoms with van der Waals surface area (Å²) in [6.07, 6.45) is 4.43. The Labute approximate surface area is 188 Å². The van der Waals surface area contributed by atoms with Gasteiger partial charge in [-0.2, -0.15) is 10.2 Å². The Hall–Kier alpha value is -3.67. The molecule has 0 aliphatic carbocycles. The lowest BCUT2D eigenvalue weighted by Crippen LogP contribution is -2.32. The molecule has 1 N–H and O–H groups in total. The Kier molecular flexibility index (Phi) is 6.50. The van der Waals surface area contributed by atoms with E-state index in [0.29, 0.717) is 17.3 Å². The van der Waals surface area contributed by atoms with Gasteiger partial charge in [-0.1, -0.05) is 29.8 Å². The Morgan fingerprint density at radius 1 is 1.34 bits per heavy atom. The fourth-order valence-electron chi connectivity index (χ4n) is 3.32. The van der Waals surface area contributed by atoms with Gasteiger partial charge in [-0.15, -0.1) is 0 Å². The van der Waals surface area contributed by atoms with Crippen molar-refractivity contribution < 1.29 is 14.3 Å². The third-order valence-electron chi connectivity index (χ3n) is 4.95. The van der Waals surface area contributed by atoms with E-state index in [-0.39, 0.29) is 35.4 Å². The lowest BCUT2D eigenvalue weighted by molar-refractivity contribution is -0.117. The predicted octanol–water partition coefficient (Wildman–Crippen LogP) is 3.34. The zero-order valence-electron chi connectivity index (χ0n) is 17.0. The van der Waals surface area contributed by atoms with Gasteiger partial charge >= 0.3 is 0 Å². The summed E-state index contributed by atoms with van der Waals surface area (Å²) in [5.74, 6) is -0.379. The number of nitrogens with one attached hydrogen (secondary N) is 1. The quantitative estimate of drug-likeness (QED) is 0.456. The Balaban J connectivity index is 1.74. The highest BCUT2D eigenvalue weighted by molar-refractivity contribution is 6.32. The van der Waals surface area contributed by atoms with Crippen molar-refractivity contribution in [2.75, 3.05) is 13.2 Å². The molecule has 1 amide bonds. The minimum absolute atomic E-state index is 0.0440. The first-order chi connectivity index (χ1) is 15.6. The van der Waals surface area contributed by atoms with E-state index in [2.05, 4.69) is 10.3 Å². The van der Waals surface area contributed by atoms with Crippen LogP contribution in [0.2, 0.25) is 5.02 Å². The topological polar surface area (TPSA) is 106 Å². The second kappa shape index (κ2) is 9.64. The summed E-state index contributed by atoms with van der Waals surface area (Å²) in [7, 11) is 0. The Bertz CT molecular complexity index is 1290. The van der Waals surface area contributed by atoms with Crippen molar-refractivity contribution >= 4 is 29.2 Å². The summed E-state index contributed by atoms with van der Waals surface area (Å²) in [5, 5.41) is 12.6. The number of rotatable bonds is 6. The summed E-state index contributed by atoms with van der Waals surface area (Å²) in [4.78, 5) is 30.2. The Morgan fingerprint density at radius 2 is 2.16 bits per heavy atom. The molecule has 0 saturated carbocycles. The fourth-order valence-corrected chi connectivity index (χ4v) is 3.49. The lowest BCUT2D eigenvalue weighted by Gasteiger charge is -2.12. The van der Waals surface area contributed by atoms with Gasteiger partial charge in [-0.3, -0.25) is 14.0 Å². The average molecular weight is 451 g/mol. The molecule has 0 radical (unpaired) electrons. The van der Waals surface area contributed by atoms with Crippen LogP contribution in [0.25, 0.3) is 11.7 Å². The van der Waals surface area contributed by atoms with Crippen LogP contribution < -0.4 is 15.6 Å². The number of carbonyl (C=O) groups is 1. The highest BCUT2D eigenvalue weighted by Crippen LogP contribution is 2.30. The van der Waals surface area contributed by atoms with Gasteiger partial charge in [0, 0.05) is 19.3 Å². The Morgan fingerprint density at radius 3 is 2.91 bits per heavy atom. The monoisotopic (exact) mass is 450 g/mol. The number of nitriles is 1. The summed E-state index contributed by atoms with van der Waals surface area (Å²) in [6.45, 7) is 0.944. The number of amides is 1. The molecule has 1 saturated heterocycles. The first kappa shape index (κ1) is 21.6. The second-order valence-corrected chi connectivity index (χ2v) is 7.52. The molecule has 0 spiro atoms. The van der Waals surface area contributed by atoms with E-state index >= 15 is 0 Å². The van der Waals surface area contributed by atoms with Crippen molar-refractivity contribution in [3.05, 3.63) is 75.2 Å². The van der Waals surface area contributed by atoms with Gasteiger partial charge in [0.15, 0.2) is 0 Å². The van der Waals surface area contributed by atoms with Gasteiger partial charge in [0.2, 0.25) is 5.88 Å². The minimum Gasteiger partial charge on any atom is -0.437 e. The maximum absolute atomic E-state index is 13.2. The fraction of sp³-hybridized carbons (Fsp3) is 0.217. The number of hydrogen-bond acceptors (Lipinski definition) is 6. The molecular weight excluding hydrogens is 432 g/mol. The molecule has 1 aliphatic rings. The maximum atomic E-state index is 13.2. The molecule has 9 heteroatoms. The van der Waals surface area contributed by atoms with Crippen molar-refractivity contribution in [2.24, 2.45) is 0 Å². The number of halogens is 1. The minimum atomic E-state index is -0.607. The number of hydrogen-bond donors (Lipinski definition) is 1. The van der Waals surface area contributed by atoms with Crippen molar-refractivity contribution in [1.82, 2.24) is 14.7 Å². The molecule has 1 fully saturated rings. The van der Waals surface area contributed by atoms with Gasteiger partial charge in [0.05, 0.1) is 11.1 Å². The summed E-state index contributed by atoms with van der Waals surface area (Å²) >= 11 is 6.19. The molecule has 2 aromatic heterocycles. The van der Waals surface area contributed by atoms with Gasteiger partial charge < -0.3 is 14.8 Å². The molecule has 162 valence electrons. The second-order valence-electron chi connectivity index (χ2n) is 7.11. The normalized spacial score (nSPS) is 16.0. The van der Waals surface area contributed by atoms with Crippen LogP contribution in [0.3, 0.4) is 0 Å². The van der Waals surface area contributed by atoms with E-state index in [1.54, 1.807) is 48.7 Å². The van der Waals surface area contributed by atoms with Crippen LogP contribution in [0.1, 0.15) is 18.4 Å². The van der Waals surface area contributed by atoms with Crippen LogP contribution in [0, 0.1) is 11.3 Å². The van der Waals surface area contributed by atoms with Crippen LogP contribution in [0.4, 0.5) is 0 Å². The van der Waals surface area contributed by atoms with E-state index in [1.807, 2.05) is 6.07 Å². The molecule has 1 aliphatic heterocycles. The molecule has 1 atom stereocenters. The van der Waals surface area contributed by atoms with Gasteiger partial charge in [0.25, 0.3) is 11.5 Å². The van der Waals surface area contributed by atoms with Gasteiger partial charge in [-0.25, -0.2) is 0 Å². The number of fused-ring (bicyclic) bond motifs is 1. The maximum Gasteiger partial charge on any atom is 0.269 e. The molecule has 8 nitrogen and oxygen atoms in total. The molecular formula is C23H19ClN4O4. The summed E-state index contributed by atoms with van der Waals surface area (Å²) < 4.78 is 12.6. The number of carbonyl (C=O) groups excluding carboxylic acids is 1. The molecule has 4 rings (SSSR count). The largest absolute Gasteiger partial charge is 0.437 e. The van der Waals surface area contributed by atoms with Crippen molar-refractivity contribution in [3.8, 4) is 17.7 Å². The van der Waals surface area contributed by atoms with Crippen LogP contribution in [-0.4, -0.2) is 34.5 Å². The number of aromatic nitrogens is 2. The van der Waals surface area contributed by atoms with Crippen LogP contribution >= 0.6 is 11.6 Å². The highest BCUT2D eigenvalue weighted by atomic mass is 35.5. The van der Waals surface area contributed by atoms with Crippen LogP contribution in [0.5, 0.6) is 11.6 Å². The first-order valence-electron chi connectivity index (χ1n) is 10.0. The van der Waals surface area contributed by atoms with Gasteiger partial charge in [-0.05, 0) is 43.2 Å². The number of nitrogens with zero attached hydrogens (tertiary/aromatic N) is 3. The number of para-hydroxylation sites is 1.